The van der Waals surface area contributed by atoms with Crippen molar-refractivity contribution in [2.45, 2.75) is 26.7 Å². The average Bonchev–Trinajstić information content (AvgIpc) is 3.06. The zero-order valence-electron chi connectivity index (χ0n) is 10.7. The van der Waals surface area contributed by atoms with Gasteiger partial charge < -0.3 is 10.4 Å². The molecule has 2 rings (SSSR count). The largest absolute Gasteiger partial charge is 0.478 e. The molecule has 3 nitrogen and oxygen atoms in total. The van der Waals surface area contributed by atoms with Crippen LogP contribution in [-0.4, -0.2) is 17.6 Å². The van der Waals surface area contributed by atoms with Gasteiger partial charge in [0.15, 0.2) is 0 Å². The summed E-state index contributed by atoms with van der Waals surface area (Å²) in [7, 11) is 0. The van der Waals surface area contributed by atoms with Gasteiger partial charge in [-0.15, -0.1) is 0 Å². The maximum Gasteiger partial charge on any atom is 0.339 e. The van der Waals surface area contributed by atoms with Crippen LogP contribution in [0.15, 0.2) is 18.2 Å². The Morgan fingerprint density at radius 1 is 1.50 bits per heavy atom. The summed E-state index contributed by atoms with van der Waals surface area (Å²) in [4.78, 5) is 11.2. The Hall–Kier alpha value is -1.22. The van der Waals surface area contributed by atoms with Gasteiger partial charge in [0, 0.05) is 6.54 Å². The normalized spacial score (nSPS) is 16.7. The number of hydrogen-bond donors (Lipinski definition) is 2. The molecule has 0 radical (unpaired) electrons. The van der Waals surface area contributed by atoms with E-state index in [9.17, 15) is 9.90 Å². The molecule has 1 aliphatic rings. The quantitative estimate of drug-likeness (QED) is 0.851. The highest BCUT2D eigenvalue weighted by Crippen LogP contribution is 2.51. The van der Waals surface area contributed by atoms with E-state index in [0.717, 1.165) is 6.54 Å². The number of anilines is 1. The molecule has 1 aromatic rings. The van der Waals surface area contributed by atoms with Crippen LogP contribution in [-0.2, 0) is 0 Å². The summed E-state index contributed by atoms with van der Waals surface area (Å²) in [6, 6.07) is 5.14. The molecule has 0 unspecified atom stereocenters. The number of carboxylic acids is 1. The second kappa shape index (κ2) is 4.81. The number of rotatable bonds is 5. The lowest BCUT2D eigenvalue weighted by Gasteiger charge is -2.21. The first-order chi connectivity index (χ1) is 8.46. The van der Waals surface area contributed by atoms with Gasteiger partial charge in [0.2, 0.25) is 0 Å². The molecule has 1 aliphatic carbocycles. The highest BCUT2D eigenvalue weighted by atomic mass is 35.5. The van der Waals surface area contributed by atoms with Gasteiger partial charge in [0.05, 0.1) is 10.7 Å². The lowest BCUT2D eigenvalue weighted by atomic mass is 9.92. The second-order valence-corrected chi connectivity index (χ2v) is 5.75. The first-order valence-corrected chi connectivity index (χ1v) is 6.60. The lowest BCUT2D eigenvalue weighted by molar-refractivity contribution is 0.0698. The van der Waals surface area contributed by atoms with Crippen LogP contribution in [0.2, 0.25) is 5.02 Å². The minimum Gasteiger partial charge on any atom is -0.478 e. The maximum absolute atomic E-state index is 11.2. The molecule has 0 atom stereocenters. The summed E-state index contributed by atoms with van der Waals surface area (Å²) in [5.41, 5.74) is 1.11. The maximum atomic E-state index is 11.2. The van der Waals surface area contributed by atoms with Crippen LogP contribution in [0.25, 0.3) is 0 Å². The molecule has 0 heterocycles. The molecule has 98 valence electrons. The minimum absolute atomic E-state index is 0.165. The topological polar surface area (TPSA) is 49.3 Å². The van der Waals surface area contributed by atoms with Crippen molar-refractivity contribution in [3.05, 3.63) is 28.8 Å². The highest BCUT2D eigenvalue weighted by Gasteiger charge is 2.45. The van der Waals surface area contributed by atoms with E-state index in [-0.39, 0.29) is 10.6 Å². The molecular weight excluding hydrogens is 250 g/mol. The highest BCUT2D eigenvalue weighted by molar-refractivity contribution is 6.34. The van der Waals surface area contributed by atoms with Gasteiger partial charge in [-0.1, -0.05) is 31.5 Å². The van der Waals surface area contributed by atoms with Crippen molar-refractivity contribution in [1.29, 1.82) is 0 Å². The number of carbonyl (C=O) groups is 1. The van der Waals surface area contributed by atoms with E-state index in [4.69, 9.17) is 11.6 Å². The van der Waals surface area contributed by atoms with Crippen molar-refractivity contribution in [2.24, 2.45) is 11.3 Å². The molecule has 0 aliphatic heterocycles. The van der Waals surface area contributed by atoms with Gasteiger partial charge in [-0.05, 0) is 36.3 Å². The van der Waals surface area contributed by atoms with Gasteiger partial charge >= 0.3 is 5.97 Å². The average molecular weight is 268 g/mol. The summed E-state index contributed by atoms with van der Waals surface area (Å²) < 4.78 is 0. The number of benzene rings is 1. The van der Waals surface area contributed by atoms with Gasteiger partial charge in [-0.2, -0.15) is 0 Å². The van der Waals surface area contributed by atoms with Gasteiger partial charge in [0.25, 0.3) is 0 Å². The number of aromatic carboxylic acids is 1. The van der Waals surface area contributed by atoms with Crippen molar-refractivity contribution < 1.29 is 9.90 Å². The van der Waals surface area contributed by atoms with Crippen molar-refractivity contribution in [3.63, 3.8) is 0 Å². The molecule has 1 fully saturated rings. The van der Waals surface area contributed by atoms with Crippen molar-refractivity contribution in [3.8, 4) is 0 Å². The third-order valence-corrected chi connectivity index (χ3v) is 4.29. The fourth-order valence-corrected chi connectivity index (χ4v) is 2.53. The van der Waals surface area contributed by atoms with Crippen LogP contribution in [0.3, 0.4) is 0 Å². The van der Waals surface area contributed by atoms with E-state index < -0.39 is 5.97 Å². The van der Waals surface area contributed by atoms with E-state index in [2.05, 4.69) is 19.2 Å². The van der Waals surface area contributed by atoms with Crippen LogP contribution in [0.5, 0.6) is 0 Å². The number of hydrogen-bond acceptors (Lipinski definition) is 2. The Balaban J connectivity index is 2.15. The van der Waals surface area contributed by atoms with Gasteiger partial charge in [0.1, 0.15) is 5.56 Å². The fraction of sp³-hybridized carbons (Fsp3) is 0.500. The summed E-state index contributed by atoms with van der Waals surface area (Å²) in [5.74, 6) is -0.380. The minimum atomic E-state index is -0.988. The smallest absolute Gasteiger partial charge is 0.339 e. The number of nitrogens with one attached hydrogen (secondary N) is 1. The zero-order chi connectivity index (χ0) is 13.3. The van der Waals surface area contributed by atoms with E-state index >= 15 is 0 Å². The molecular formula is C14H18ClNO2. The van der Waals surface area contributed by atoms with Crippen LogP contribution in [0, 0.1) is 11.3 Å². The van der Waals surface area contributed by atoms with Crippen LogP contribution in [0.1, 0.15) is 37.0 Å². The van der Waals surface area contributed by atoms with E-state index in [1.807, 2.05) is 0 Å². The third kappa shape index (κ3) is 2.46. The molecule has 0 bridgehead atoms. The molecule has 2 N–H and O–H groups in total. The van der Waals surface area contributed by atoms with Crippen LogP contribution in [0.4, 0.5) is 5.69 Å². The van der Waals surface area contributed by atoms with E-state index in [0.29, 0.717) is 17.0 Å². The van der Waals surface area contributed by atoms with Gasteiger partial charge in [-0.25, -0.2) is 4.79 Å². The molecule has 18 heavy (non-hydrogen) atoms. The van der Waals surface area contributed by atoms with Crippen LogP contribution < -0.4 is 5.32 Å². The molecule has 4 heteroatoms. The zero-order valence-corrected chi connectivity index (χ0v) is 11.4. The summed E-state index contributed by atoms with van der Waals surface area (Å²) >= 11 is 5.93. The van der Waals surface area contributed by atoms with Crippen molar-refractivity contribution in [1.82, 2.24) is 0 Å². The standard InChI is InChI=1S/C14H18ClNO2/c1-9(2)14(6-7-14)8-16-11-5-3-4-10(15)12(11)13(17)18/h3-5,9,16H,6-8H2,1-2H3,(H,17,18). The Morgan fingerprint density at radius 2 is 2.17 bits per heavy atom. The third-order valence-electron chi connectivity index (χ3n) is 3.98. The molecule has 0 amide bonds. The molecule has 0 spiro atoms. The molecule has 1 saturated carbocycles. The summed E-state index contributed by atoms with van der Waals surface area (Å²) in [6.45, 7) is 5.24. The molecule has 0 saturated heterocycles. The van der Waals surface area contributed by atoms with E-state index in [1.165, 1.54) is 12.8 Å². The SMILES string of the molecule is CC(C)C1(CNc2cccc(Cl)c2C(=O)O)CC1. The Morgan fingerprint density at radius 3 is 2.67 bits per heavy atom. The van der Waals surface area contributed by atoms with Crippen LogP contribution >= 0.6 is 11.6 Å². The van der Waals surface area contributed by atoms with E-state index in [1.54, 1.807) is 18.2 Å². The number of carboxylic acid groups (broad SMARTS) is 1. The predicted octanol–water partition coefficient (Wildman–Crippen LogP) is 3.89. The predicted molar refractivity (Wildman–Crippen MR) is 73.4 cm³/mol. The first-order valence-electron chi connectivity index (χ1n) is 6.22. The Kier molecular flexibility index (Phi) is 3.53. The molecule has 0 aromatic heterocycles. The monoisotopic (exact) mass is 267 g/mol. The molecule has 1 aromatic carbocycles. The summed E-state index contributed by atoms with van der Waals surface area (Å²) in [6.07, 6.45) is 2.42. The van der Waals surface area contributed by atoms with Gasteiger partial charge in [-0.3, -0.25) is 0 Å². The second-order valence-electron chi connectivity index (χ2n) is 5.34. The Labute approximate surface area is 112 Å². The first kappa shape index (κ1) is 13.2. The Bertz CT molecular complexity index is 467. The number of halogens is 1. The summed E-state index contributed by atoms with van der Waals surface area (Å²) in [5, 5.41) is 12.7. The lowest BCUT2D eigenvalue weighted by Crippen LogP contribution is -2.21. The van der Waals surface area contributed by atoms with Crippen molar-refractivity contribution >= 4 is 23.3 Å². The fourth-order valence-electron chi connectivity index (χ4n) is 2.28. The van der Waals surface area contributed by atoms with Crippen molar-refractivity contribution in [2.75, 3.05) is 11.9 Å².